The molecule has 0 bridgehead atoms. The third kappa shape index (κ3) is 1.86. The zero-order valence-corrected chi connectivity index (χ0v) is 10.9. The monoisotopic (exact) mass is 284 g/mol. The van der Waals surface area contributed by atoms with Gasteiger partial charge in [0.1, 0.15) is 11.0 Å². The van der Waals surface area contributed by atoms with Crippen LogP contribution in [0.1, 0.15) is 18.3 Å². The molecular weight excluding hydrogens is 275 g/mol. The van der Waals surface area contributed by atoms with Crippen molar-refractivity contribution in [2.75, 3.05) is 0 Å². The average Bonchev–Trinajstić information content (AvgIpc) is 2.23. The summed E-state index contributed by atoms with van der Waals surface area (Å²) in [7, 11) is 0. The van der Waals surface area contributed by atoms with Crippen LogP contribution in [0.5, 0.6) is 0 Å². The Morgan fingerprint density at radius 3 is 2.73 bits per heavy atom. The fourth-order valence-electron chi connectivity index (χ4n) is 1.47. The molecule has 0 amide bonds. The second-order valence-electron chi connectivity index (χ2n) is 3.35. The molecule has 0 aliphatic heterocycles. The van der Waals surface area contributed by atoms with Gasteiger partial charge in [0.2, 0.25) is 0 Å². The third-order valence-electron chi connectivity index (χ3n) is 2.37. The van der Waals surface area contributed by atoms with Gasteiger partial charge in [0, 0.05) is 16.3 Å². The Hall–Kier alpha value is -0.670. The molecule has 0 aliphatic carbocycles. The van der Waals surface area contributed by atoms with Crippen LogP contribution in [0.4, 0.5) is 0 Å². The summed E-state index contributed by atoms with van der Waals surface area (Å²) < 4.78 is 1.05. The maximum atomic E-state index is 6.10. The normalized spacial score (nSPS) is 10.9. The number of fused-ring (bicyclic) bond motifs is 1. The van der Waals surface area contributed by atoms with Gasteiger partial charge < -0.3 is 0 Å². The van der Waals surface area contributed by atoms with Crippen molar-refractivity contribution >= 4 is 38.4 Å². The van der Waals surface area contributed by atoms with Crippen molar-refractivity contribution in [3.05, 3.63) is 33.1 Å². The van der Waals surface area contributed by atoms with Gasteiger partial charge in [-0.1, -0.05) is 34.5 Å². The topological polar surface area (TPSA) is 25.8 Å². The lowest BCUT2D eigenvalue weighted by atomic mass is 10.1. The van der Waals surface area contributed by atoms with Crippen LogP contribution in [-0.4, -0.2) is 9.97 Å². The van der Waals surface area contributed by atoms with Gasteiger partial charge in [0.15, 0.2) is 0 Å². The highest BCUT2D eigenvalue weighted by atomic mass is 79.9. The molecule has 78 valence electrons. The first-order chi connectivity index (χ1) is 7.13. The van der Waals surface area contributed by atoms with Crippen molar-refractivity contribution in [1.82, 2.24) is 9.97 Å². The van der Waals surface area contributed by atoms with Gasteiger partial charge in [-0.15, -0.1) is 0 Å². The molecule has 0 atom stereocenters. The molecule has 0 saturated carbocycles. The van der Waals surface area contributed by atoms with E-state index in [1.165, 1.54) is 0 Å². The highest BCUT2D eigenvalue weighted by Crippen LogP contribution is 2.28. The predicted octanol–water partition coefficient (Wildman–Crippen LogP) is 3.92. The maximum Gasteiger partial charge on any atom is 0.140 e. The standard InChI is InChI=1S/C11H10BrClN2/c1-3-9-14-10-6(2)8(12)5-4-7(10)11(13)15-9/h4-5H,3H2,1-2H3. The number of hydrogen-bond acceptors (Lipinski definition) is 2. The van der Waals surface area contributed by atoms with Gasteiger partial charge in [-0.05, 0) is 24.6 Å². The molecule has 2 aromatic rings. The highest BCUT2D eigenvalue weighted by Gasteiger charge is 2.08. The van der Waals surface area contributed by atoms with E-state index in [0.717, 1.165) is 33.2 Å². The van der Waals surface area contributed by atoms with E-state index in [1.54, 1.807) is 0 Å². The zero-order chi connectivity index (χ0) is 11.0. The van der Waals surface area contributed by atoms with Gasteiger partial charge in [0.25, 0.3) is 0 Å². The predicted molar refractivity (Wildman–Crippen MR) is 66.4 cm³/mol. The molecule has 1 heterocycles. The van der Waals surface area contributed by atoms with Crippen LogP contribution in [0, 0.1) is 6.92 Å². The molecule has 0 N–H and O–H groups in total. The van der Waals surface area contributed by atoms with Gasteiger partial charge >= 0.3 is 0 Å². The van der Waals surface area contributed by atoms with Crippen LogP contribution in [0.25, 0.3) is 10.9 Å². The molecule has 0 unspecified atom stereocenters. The third-order valence-corrected chi connectivity index (χ3v) is 3.52. The number of halogens is 2. The zero-order valence-electron chi connectivity index (χ0n) is 8.51. The van der Waals surface area contributed by atoms with Crippen LogP contribution in [0.2, 0.25) is 5.15 Å². The molecular formula is C11H10BrClN2. The van der Waals surface area contributed by atoms with Crippen LogP contribution in [0.3, 0.4) is 0 Å². The quantitative estimate of drug-likeness (QED) is 0.742. The summed E-state index contributed by atoms with van der Waals surface area (Å²) in [4.78, 5) is 8.72. The maximum absolute atomic E-state index is 6.10. The molecule has 0 fully saturated rings. The van der Waals surface area contributed by atoms with Gasteiger partial charge in [-0.2, -0.15) is 0 Å². The van der Waals surface area contributed by atoms with Gasteiger partial charge in [0.05, 0.1) is 5.52 Å². The number of aryl methyl sites for hydroxylation is 2. The van der Waals surface area contributed by atoms with Crippen molar-refractivity contribution in [3.8, 4) is 0 Å². The summed E-state index contributed by atoms with van der Waals surface area (Å²) in [6.45, 7) is 4.04. The molecule has 0 radical (unpaired) electrons. The summed E-state index contributed by atoms with van der Waals surface area (Å²) >= 11 is 9.58. The van der Waals surface area contributed by atoms with Gasteiger partial charge in [-0.3, -0.25) is 0 Å². The Bertz CT molecular complexity index is 525. The Morgan fingerprint density at radius 1 is 1.33 bits per heavy atom. The number of benzene rings is 1. The minimum Gasteiger partial charge on any atom is -0.232 e. The lowest BCUT2D eigenvalue weighted by Gasteiger charge is -2.06. The molecule has 1 aromatic heterocycles. The number of rotatable bonds is 1. The fourth-order valence-corrected chi connectivity index (χ4v) is 2.04. The van der Waals surface area contributed by atoms with Crippen LogP contribution in [-0.2, 0) is 6.42 Å². The minimum absolute atomic E-state index is 0.535. The van der Waals surface area contributed by atoms with Crippen LogP contribution in [0.15, 0.2) is 16.6 Å². The summed E-state index contributed by atoms with van der Waals surface area (Å²) in [5.41, 5.74) is 2.03. The van der Waals surface area contributed by atoms with Gasteiger partial charge in [-0.25, -0.2) is 9.97 Å². The smallest absolute Gasteiger partial charge is 0.140 e. The first-order valence-electron chi connectivity index (χ1n) is 4.74. The molecule has 15 heavy (non-hydrogen) atoms. The SMILES string of the molecule is CCc1nc(Cl)c2ccc(Br)c(C)c2n1. The number of hydrogen-bond donors (Lipinski definition) is 0. The van der Waals surface area contributed by atoms with Crippen molar-refractivity contribution in [2.45, 2.75) is 20.3 Å². The molecule has 2 nitrogen and oxygen atoms in total. The lowest BCUT2D eigenvalue weighted by Crippen LogP contribution is -1.96. The van der Waals surface area contributed by atoms with E-state index in [-0.39, 0.29) is 0 Å². The molecule has 2 rings (SSSR count). The summed E-state index contributed by atoms with van der Waals surface area (Å²) in [5.74, 6) is 0.786. The Balaban J connectivity index is 2.86. The largest absolute Gasteiger partial charge is 0.232 e. The molecule has 0 saturated heterocycles. The average molecular weight is 286 g/mol. The molecule has 0 spiro atoms. The Kier molecular flexibility index (Phi) is 2.94. The van der Waals surface area contributed by atoms with Crippen molar-refractivity contribution in [1.29, 1.82) is 0 Å². The molecule has 4 heteroatoms. The first-order valence-corrected chi connectivity index (χ1v) is 5.91. The minimum atomic E-state index is 0.535. The second kappa shape index (κ2) is 4.06. The van der Waals surface area contributed by atoms with E-state index in [4.69, 9.17) is 11.6 Å². The summed E-state index contributed by atoms with van der Waals surface area (Å²) in [5, 5.41) is 1.45. The number of nitrogens with zero attached hydrogens (tertiary/aromatic N) is 2. The number of aromatic nitrogens is 2. The Morgan fingerprint density at radius 2 is 2.07 bits per heavy atom. The summed E-state index contributed by atoms with van der Waals surface area (Å²) in [6.07, 6.45) is 0.793. The summed E-state index contributed by atoms with van der Waals surface area (Å²) in [6, 6.07) is 3.91. The first kappa shape index (κ1) is 10.8. The fraction of sp³-hybridized carbons (Fsp3) is 0.273. The Labute approximate surface area is 102 Å². The second-order valence-corrected chi connectivity index (χ2v) is 4.57. The highest BCUT2D eigenvalue weighted by molar-refractivity contribution is 9.10. The van der Waals surface area contributed by atoms with Crippen molar-refractivity contribution < 1.29 is 0 Å². The van der Waals surface area contributed by atoms with Crippen molar-refractivity contribution in [3.63, 3.8) is 0 Å². The van der Waals surface area contributed by atoms with E-state index in [2.05, 4.69) is 25.9 Å². The van der Waals surface area contributed by atoms with E-state index in [9.17, 15) is 0 Å². The van der Waals surface area contributed by atoms with E-state index >= 15 is 0 Å². The van der Waals surface area contributed by atoms with Crippen LogP contribution >= 0.6 is 27.5 Å². The lowest BCUT2D eigenvalue weighted by molar-refractivity contribution is 0.959. The van der Waals surface area contributed by atoms with E-state index in [0.29, 0.717) is 5.15 Å². The van der Waals surface area contributed by atoms with Crippen molar-refractivity contribution in [2.24, 2.45) is 0 Å². The molecule has 1 aromatic carbocycles. The van der Waals surface area contributed by atoms with Crippen LogP contribution < -0.4 is 0 Å². The van der Waals surface area contributed by atoms with E-state index in [1.807, 2.05) is 26.0 Å². The molecule has 0 aliphatic rings. The van der Waals surface area contributed by atoms with E-state index < -0.39 is 0 Å².